The highest BCUT2D eigenvalue weighted by Crippen LogP contribution is 2.57. The Morgan fingerprint density at radius 2 is 2.04 bits per heavy atom. The van der Waals surface area contributed by atoms with E-state index in [1.54, 1.807) is 11.9 Å². The maximum Gasteiger partial charge on any atom is 0.226 e. The predicted molar refractivity (Wildman–Crippen MR) is 114 cm³/mol. The highest BCUT2D eigenvalue weighted by molar-refractivity contribution is 7.99. The van der Waals surface area contributed by atoms with Gasteiger partial charge in [-0.25, -0.2) is 0 Å². The molecule has 5 fully saturated rings. The lowest BCUT2D eigenvalue weighted by Gasteiger charge is -2.59. The third-order valence-corrected chi connectivity index (χ3v) is 8.43. The number of carbonyl (C=O) groups is 1. The van der Waals surface area contributed by atoms with Crippen molar-refractivity contribution in [1.29, 1.82) is 0 Å². The van der Waals surface area contributed by atoms with Crippen LogP contribution in [0.5, 0.6) is 0 Å². The Morgan fingerprint density at radius 1 is 1.29 bits per heavy atom. The van der Waals surface area contributed by atoms with Crippen LogP contribution in [0.4, 0.5) is 5.69 Å². The van der Waals surface area contributed by atoms with Crippen molar-refractivity contribution in [2.45, 2.75) is 56.6 Å². The summed E-state index contributed by atoms with van der Waals surface area (Å²) < 4.78 is 3.20. The third kappa shape index (κ3) is 3.23. The molecule has 5 aliphatic rings. The Bertz CT molecular complexity index is 772. The molecule has 3 unspecified atom stereocenters. The fourth-order valence-corrected chi connectivity index (χ4v) is 7.49. The summed E-state index contributed by atoms with van der Waals surface area (Å²) in [6.07, 6.45) is 8.82. The van der Waals surface area contributed by atoms with Crippen LogP contribution in [0.3, 0.4) is 0 Å². The Labute approximate surface area is 176 Å². The van der Waals surface area contributed by atoms with E-state index in [0.717, 1.165) is 54.9 Å². The molecule has 4 nitrogen and oxygen atoms in total. The van der Waals surface area contributed by atoms with Gasteiger partial charge >= 0.3 is 0 Å². The smallest absolute Gasteiger partial charge is 0.226 e. The summed E-state index contributed by atoms with van der Waals surface area (Å²) in [7, 11) is 0. The minimum absolute atomic E-state index is 0.0390. The van der Waals surface area contributed by atoms with Gasteiger partial charge in [0.25, 0.3) is 0 Å². The van der Waals surface area contributed by atoms with Crippen molar-refractivity contribution in [3.63, 3.8) is 0 Å². The van der Waals surface area contributed by atoms with Crippen molar-refractivity contribution in [2.75, 3.05) is 17.5 Å². The van der Waals surface area contributed by atoms with E-state index in [-0.39, 0.29) is 5.92 Å². The van der Waals surface area contributed by atoms with E-state index in [1.165, 1.54) is 12.8 Å². The van der Waals surface area contributed by atoms with E-state index >= 15 is 0 Å². The molecule has 1 saturated heterocycles. The molecule has 0 spiro atoms. The number of carbonyl (C=O) groups excluding carboxylic acids is 1. The summed E-state index contributed by atoms with van der Waals surface area (Å²) >= 11 is 8.03. The fourth-order valence-electron chi connectivity index (χ4n) is 6.87. The number of amides is 1. The van der Waals surface area contributed by atoms with Gasteiger partial charge in [-0.3, -0.25) is 4.79 Å². The molecule has 4 saturated carbocycles. The van der Waals surface area contributed by atoms with Crippen LogP contribution in [-0.2, 0) is 11.2 Å². The summed E-state index contributed by atoms with van der Waals surface area (Å²) in [5.74, 6) is 2.03. The average molecular weight is 421 g/mol. The summed E-state index contributed by atoms with van der Waals surface area (Å²) in [4.78, 5) is 15.5. The summed E-state index contributed by atoms with van der Waals surface area (Å²) in [6.45, 7) is 0.869. The molecule has 6 heteroatoms. The number of likely N-dealkylation sites (tertiary alicyclic amines) is 1. The van der Waals surface area contributed by atoms with Crippen molar-refractivity contribution in [3.8, 4) is 0 Å². The molecule has 1 aromatic carbocycles. The molecule has 1 heterocycles. The van der Waals surface area contributed by atoms with Crippen molar-refractivity contribution in [2.24, 2.45) is 23.7 Å². The van der Waals surface area contributed by atoms with Gasteiger partial charge in [0.2, 0.25) is 5.91 Å². The first-order chi connectivity index (χ1) is 13.5. The zero-order valence-corrected chi connectivity index (χ0v) is 17.9. The number of hydrogen-bond acceptors (Lipinski definition) is 4. The Kier molecular flexibility index (Phi) is 4.84. The highest BCUT2D eigenvalue weighted by atomic mass is 35.5. The molecule has 1 aliphatic heterocycles. The van der Waals surface area contributed by atoms with E-state index in [2.05, 4.69) is 15.7 Å². The van der Waals surface area contributed by atoms with Gasteiger partial charge in [-0.05, 0) is 80.4 Å². The summed E-state index contributed by atoms with van der Waals surface area (Å²) in [5.41, 5.74) is 1.62. The van der Waals surface area contributed by atoms with Crippen LogP contribution in [0, 0.1) is 23.7 Å². The molecule has 2 N–H and O–H groups in total. The number of nitrogens with zero attached hydrogens (tertiary/aromatic N) is 1. The highest BCUT2D eigenvalue weighted by Gasteiger charge is 2.57. The second-order valence-electron chi connectivity index (χ2n) is 9.52. The normalized spacial score (nSPS) is 39.0. The Morgan fingerprint density at radius 3 is 2.68 bits per heavy atom. The molecule has 4 bridgehead atoms. The molecular formula is C22H29ClN2O2S. The molecule has 0 aromatic heterocycles. The Hall–Kier alpha value is -0.910. The zero-order chi connectivity index (χ0) is 19.5. The van der Waals surface area contributed by atoms with E-state index < -0.39 is 5.60 Å². The van der Waals surface area contributed by atoms with Crippen LogP contribution in [-0.4, -0.2) is 40.4 Å². The van der Waals surface area contributed by atoms with Crippen LogP contribution in [0.1, 0.15) is 44.1 Å². The largest absolute Gasteiger partial charge is 0.390 e. The van der Waals surface area contributed by atoms with Crippen molar-refractivity contribution in [3.05, 3.63) is 28.8 Å². The molecule has 3 atom stereocenters. The lowest BCUT2D eigenvalue weighted by molar-refractivity contribution is -0.168. The zero-order valence-electron chi connectivity index (χ0n) is 16.4. The van der Waals surface area contributed by atoms with Gasteiger partial charge in [0, 0.05) is 35.5 Å². The standard InChI is InChI=1S/C22H29ClN2O2S/c1-28-24-18-3-2-14(19(23)9-18)8-15-4-5-25(21(15)26)20-16-6-13-7-17(20)12-22(27,10-13)11-16/h2-3,9,13,15-17,20,24,27H,4-8,10-12H2,1H3. The van der Waals surface area contributed by atoms with Crippen LogP contribution < -0.4 is 4.72 Å². The maximum absolute atomic E-state index is 13.3. The van der Waals surface area contributed by atoms with Gasteiger partial charge in [-0.15, -0.1) is 0 Å². The van der Waals surface area contributed by atoms with Gasteiger partial charge in [-0.1, -0.05) is 29.6 Å². The molecule has 0 radical (unpaired) electrons. The number of rotatable bonds is 5. The molecule has 4 aliphatic carbocycles. The number of halogens is 1. The minimum atomic E-state index is -0.435. The molecule has 152 valence electrons. The predicted octanol–water partition coefficient (Wildman–Crippen LogP) is 4.36. The van der Waals surface area contributed by atoms with Gasteiger partial charge in [0.1, 0.15) is 0 Å². The van der Waals surface area contributed by atoms with Gasteiger partial charge in [0.15, 0.2) is 0 Å². The number of hydrogen-bond donors (Lipinski definition) is 2. The molecular weight excluding hydrogens is 392 g/mol. The van der Waals surface area contributed by atoms with Crippen molar-refractivity contribution < 1.29 is 9.90 Å². The van der Waals surface area contributed by atoms with E-state index in [0.29, 0.717) is 29.7 Å². The van der Waals surface area contributed by atoms with Crippen molar-refractivity contribution in [1.82, 2.24) is 4.90 Å². The van der Waals surface area contributed by atoms with E-state index in [1.807, 2.05) is 18.4 Å². The second-order valence-corrected chi connectivity index (χ2v) is 10.5. The van der Waals surface area contributed by atoms with Crippen LogP contribution in [0.25, 0.3) is 0 Å². The van der Waals surface area contributed by atoms with Crippen molar-refractivity contribution >= 4 is 35.1 Å². The van der Waals surface area contributed by atoms with Crippen LogP contribution in [0.15, 0.2) is 18.2 Å². The van der Waals surface area contributed by atoms with Gasteiger partial charge < -0.3 is 14.7 Å². The summed E-state index contributed by atoms with van der Waals surface area (Å²) in [5, 5.41) is 11.6. The lowest BCUT2D eigenvalue weighted by Crippen LogP contribution is -2.62. The summed E-state index contributed by atoms with van der Waals surface area (Å²) in [6, 6.07) is 6.39. The quantitative estimate of drug-likeness (QED) is 0.695. The lowest BCUT2D eigenvalue weighted by atomic mass is 9.52. The maximum atomic E-state index is 13.3. The second kappa shape index (κ2) is 7.10. The molecule has 28 heavy (non-hydrogen) atoms. The van der Waals surface area contributed by atoms with E-state index in [4.69, 9.17) is 11.6 Å². The number of benzene rings is 1. The average Bonchev–Trinajstić information content (AvgIpc) is 2.97. The molecule has 6 rings (SSSR count). The van der Waals surface area contributed by atoms with E-state index in [9.17, 15) is 9.90 Å². The number of aliphatic hydroxyl groups is 1. The monoisotopic (exact) mass is 420 g/mol. The third-order valence-electron chi connectivity index (χ3n) is 7.64. The van der Waals surface area contributed by atoms with Crippen LogP contribution in [0.2, 0.25) is 5.02 Å². The first-order valence-electron chi connectivity index (χ1n) is 10.6. The first-order valence-corrected chi connectivity index (χ1v) is 12.2. The first kappa shape index (κ1) is 19.1. The SMILES string of the molecule is CSNc1ccc(CC2CCN(C3C4CC5CC3CC(O)(C5)C4)C2=O)c(Cl)c1. The Balaban J connectivity index is 1.29. The minimum Gasteiger partial charge on any atom is -0.390 e. The van der Waals surface area contributed by atoms with Crippen LogP contribution >= 0.6 is 23.5 Å². The van der Waals surface area contributed by atoms with Gasteiger partial charge in [0.05, 0.1) is 5.60 Å². The number of nitrogens with one attached hydrogen (secondary N) is 1. The number of anilines is 1. The topological polar surface area (TPSA) is 52.6 Å². The molecule has 1 amide bonds. The fraction of sp³-hybridized carbons (Fsp3) is 0.682. The molecule has 1 aromatic rings. The van der Waals surface area contributed by atoms with Gasteiger partial charge in [-0.2, -0.15) is 0 Å².